The highest BCUT2D eigenvalue weighted by Gasteiger charge is 2.23. The summed E-state index contributed by atoms with van der Waals surface area (Å²) in [7, 11) is 1.64. The first-order chi connectivity index (χ1) is 8.22. The van der Waals surface area contributed by atoms with Crippen LogP contribution in [0.25, 0.3) is 0 Å². The predicted octanol–water partition coefficient (Wildman–Crippen LogP) is 2.19. The molecule has 0 aromatic heterocycles. The van der Waals surface area contributed by atoms with E-state index in [0.717, 1.165) is 42.8 Å². The van der Waals surface area contributed by atoms with E-state index >= 15 is 0 Å². The van der Waals surface area contributed by atoms with Crippen LogP contribution in [0.3, 0.4) is 0 Å². The van der Waals surface area contributed by atoms with Gasteiger partial charge in [-0.2, -0.15) is 0 Å². The molecule has 0 aliphatic carbocycles. The lowest BCUT2D eigenvalue weighted by Gasteiger charge is -2.22. The molecular formula is C14H19NO2. The number of carbonyl (C=O) groups excluding carboxylic acids is 1. The molecule has 1 aromatic rings. The van der Waals surface area contributed by atoms with Crippen molar-refractivity contribution in [1.82, 2.24) is 5.32 Å². The lowest BCUT2D eigenvalue weighted by molar-refractivity contribution is 0.0899. The average Bonchev–Trinajstić information content (AvgIpc) is 2.39. The van der Waals surface area contributed by atoms with E-state index in [9.17, 15) is 4.79 Å². The normalized spacial score (nSPS) is 20.0. The third-order valence-corrected chi connectivity index (χ3v) is 3.37. The van der Waals surface area contributed by atoms with Gasteiger partial charge < -0.3 is 10.1 Å². The number of hydrogen-bond acceptors (Lipinski definition) is 3. The molecule has 1 fully saturated rings. The molecule has 0 amide bonds. The molecule has 0 saturated carbocycles. The molecule has 3 heteroatoms. The molecule has 3 nitrogen and oxygen atoms in total. The maximum atomic E-state index is 12.3. The maximum Gasteiger partial charge on any atom is 0.167 e. The molecular weight excluding hydrogens is 214 g/mol. The minimum atomic E-state index is 0.135. The summed E-state index contributed by atoms with van der Waals surface area (Å²) in [5.74, 6) is 1.20. The summed E-state index contributed by atoms with van der Waals surface area (Å²) in [4.78, 5) is 12.3. The van der Waals surface area contributed by atoms with Crippen molar-refractivity contribution in [1.29, 1.82) is 0 Å². The minimum absolute atomic E-state index is 0.135. The molecule has 1 aromatic carbocycles. The Morgan fingerprint density at radius 1 is 1.47 bits per heavy atom. The predicted molar refractivity (Wildman–Crippen MR) is 67.7 cm³/mol. The van der Waals surface area contributed by atoms with Crippen LogP contribution in [-0.2, 0) is 0 Å². The number of carbonyl (C=O) groups is 1. The Labute approximate surface area is 102 Å². The number of Topliss-reactive ketones (excluding diaryl/α,β-unsaturated/α-hetero) is 1. The number of ketones is 1. The molecule has 17 heavy (non-hydrogen) atoms. The van der Waals surface area contributed by atoms with Crippen molar-refractivity contribution in [3.63, 3.8) is 0 Å². The summed E-state index contributed by atoms with van der Waals surface area (Å²) in [6.07, 6.45) is 2.09. The summed E-state index contributed by atoms with van der Waals surface area (Å²) in [5.41, 5.74) is 1.83. The van der Waals surface area contributed by atoms with Gasteiger partial charge >= 0.3 is 0 Å². The summed E-state index contributed by atoms with van der Waals surface area (Å²) < 4.78 is 5.15. The highest BCUT2D eigenvalue weighted by Crippen LogP contribution is 2.22. The molecule has 1 aliphatic heterocycles. The average molecular weight is 233 g/mol. The van der Waals surface area contributed by atoms with Crippen LogP contribution in [0.4, 0.5) is 0 Å². The van der Waals surface area contributed by atoms with Crippen LogP contribution in [0, 0.1) is 12.8 Å². The summed E-state index contributed by atoms with van der Waals surface area (Å²) >= 11 is 0. The van der Waals surface area contributed by atoms with E-state index in [1.807, 2.05) is 25.1 Å². The van der Waals surface area contributed by atoms with Crippen molar-refractivity contribution in [2.45, 2.75) is 19.8 Å². The van der Waals surface area contributed by atoms with E-state index in [1.54, 1.807) is 7.11 Å². The van der Waals surface area contributed by atoms with Crippen molar-refractivity contribution in [3.05, 3.63) is 29.3 Å². The third-order valence-electron chi connectivity index (χ3n) is 3.37. The molecule has 1 heterocycles. The number of piperidine rings is 1. The Balaban J connectivity index is 2.18. The summed E-state index contributed by atoms with van der Waals surface area (Å²) in [5, 5.41) is 3.28. The first-order valence-corrected chi connectivity index (χ1v) is 6.12. The SMILES string of the molecule is COc1ccc(C(=O)[C@H]2CCCNC2)c(C)c1. The van der Waals surface area contributed by atoms with Crippen LogP contribution in [0.2, 0.25) is 0 Å². The van der Waals surface area contributed by atoms with Crippen LogP contribution < -0.4 is 10.1 Å². The van der Waals surface area contributed by atoms with E-state index in [2.05, 4.69) is 5.32 Å². The molecule has 0 spiro atoms. The van der Waals surface area contributed by atoms with Gasteiger partial charge in [0, 0.05) is 18.0 Å². The maximum absolute atomic E-state index is 12.3. The van der Waals surface area contributed by atoms with Crippen molar-refractivity contribution >= 4 is 5.78 Å². The van der Waals surface area contributed by atoms with Gasteiger partial charge in [-0.15, -0.1) is 0 Å². The van der Waals surface area contributed by atoms with Gasteiger partial charge in [0.15, 0.2) is 5.78 Å². The van der Waals surface area contributed by atoms with Crippen LogP contribution in [0.1, 0.15) is 28.8 Å². The van der Waals surface area contributed by atoms with Crippen LogP contribution >= 0.6 is 0 Å². The van der Waals surface area contributed by atoms with Crippen LogP contribution in [0.15, 0.2) is 18.2 Å². The molecule has 0 radical (unpaired) electrons. The molecule has 1 aliphatic rings. The van der Waals surface area contributed by atoms with Gasteiger partial charge in [-0.05, 0) is 50.1 Å². The highest BCUT2D eigenvalue weighted by atomic mass is 16.5. The Kier molecular flexibility index (Phi) is 3.79. The van der Waals surface area contributed by atoms with Gasteiger partial charge in [-0.25, -0.2) is 0 Å². The smallest absolute Gasteiger partial charge is 0.167 e. The molecule has 1 N–H and O–H groups in total. The standard InChI is InChI=1S/C14H19NO2/c1-10-8-12(17-2)5-6-13(10)14(16)11-4-3-7-15-9-11/h5-6,8,11,15H,3-4,7,9H2,1-2H3/t11-/m0/s1. The van der Waals surface area contributed by atoms with Gasteiger partial charge in [0.2, 0.25) is 0 Å². The van der Waals surface area contributed by atoms with Crippen molar-refractivity contribution in [2.75, 3.05) is 20.2 Å². The highest BCUT2D eigenvalue weighted by molar-refractivity contribution is 5.99. The van der Waals surface area contributed by atoms with Crippen molar-refractivity contribution in [3.8, 4) is 5.75 Å². The summed E-state index contributed by atoms with van der Waals surface area (Å²) in [6, 6.07) is 5.66. The molecule has 0 bridgehead atoms. The van der Waals surface area contributed by atoms with Gasteiger partial charge in [-0.3, -0.25) is 4.79 Å². The van der Waals surface area contributed by atoms with E-state index in [0.29, 0.717) is 0 Å². The number of aryl methyl sites for hydroxylation is 1. The second-order valence-electron chi connectivity index (χ2n) is 4.59. The van der Waals surface area contributed by atoms with Crippen molar-refractivity contribution < 1.29 is 9.53 Å². The van der Waals surface area contributed by atoms with Gasteiger partial charge in [0.1, 0.15) is 5.75 Å². The monoisotopic (exact) mass is 233 g/mol. The zero-order valence-corrected chi connectivity index (χ0v) is 10.5. The second-order valence-corrected chi connectivity index (χ2v) is 4.59. The Morgan fingerprint density at radius 2 is 2.29 bits per heavy atom. The van der Waals surface area contributed by atoms with Crippen molar-refractivity contribution in [2.24, 2.45) is 5.92 Å². The first kappa shape index (κ1) is 12.1. The zero-order valence-electron chi connectivity index (χ0n) is 10.5. The van der Waals surface area contributed by atoms with Gasteiger partial charge in [0.25, 0.3) is 0 Å². The second kappa shape index (κ2) is 5.32. The number of nitrogens with one attached hydrogen (secondary N) is 1. The number of rotatable bonds is 3. The van der Waals surface area contributed by atoms with E-state index < -0.39 is 0 Å². The number of benzene rings is 1. The lowest BCUT2D eigenvalue weighted by Crippen LogP contribution is -2.34. The Bertz CT molecular complexity index is 409. The van der Waals surface area contributed by atoms with Gasteiger partial charge in [0.05, 0.1) is 7.11 Å². The van der Waals surface area contributed by atoms with E-state index in [1.165, 1.54) is 0 Å². The topological polar surface area (TPSA) is 38.3 Å². The molecule has 1 atom stereocenters. The molecule has 92 valence electrons. The number of hydrogen-bond donors (Lipinski definition) is 1. The first-order valence-electron chi connectivity index (χ1n) is 6.12. The minimum Gasteiger partial charge on any atom is -0.497 e. The fourth-order valence-corrected chi connectivity index (χ4v) is 2.34. The third kappa shape index (κ3) is 2.67. The van der Waals surface area contributed by atoms with E-state index in [4.69, 9.17) is 4.74 Å². The fourth-order valence-electron chi connectivity index (χ4n) is 2.34. The summed E-state index contributed by atoms with van der Waals surface area (Å²) in [6.45, 7) is 3.81. The zero-order chi connectivity index (χ0) is 12.3. The Morgan fingerprint density at radius 3 is 2.88 bits per heavy atom. The fraction of sp³-hybridized carbons (Fsp3) is 0.500. The van der Waals surface area contributed by atoms with E-state index in [-0.39, 0.29) is 11.7 Å². The van der Waals surface area contributed by atoms with Gasteiger partial charge in [-0.1, -0.05) is 0 Å². The van der Waals surface area contributed by atoms with Crippen LogP contribution in [0.5, 0.6) is 5.75 Å². The number of methoxy groups -OCH3 is 1. The number of ether oxygens (including phenoxy) is 1. The molecule has 1 saturated heterocycles. The quantitative estimate of drug-likeness (QED) is 0.813. The van der Waals surface area contributed by atoms with Crippen LogP contribution in [-0.4, -0.2) is 26.0 Å². The molecule has 2 rings (SSSR count). The lowest BCUT2D eigenvalue weighted by atomic mass is 9.89. The largest absolute Gasteiger partial charge is 0.497 e. The Hall–Kier alpha value is -1.35. The molecule has 0 unspecified atom stereocenters.